The molecule has 0 spiro atoms. The Kier molecular flexibility index (Phi) is 4.38. The van der Waals surface area contributed by atoms with Crippen molar-refractivity contribution in [1.82, 2.24) is 10.2 Å². The van der Waals surface area contributed by atoms with Gasteiger partial charge < -0.3 is 5.32 Å². The van der Waals surface area contributed by atoms with Gasteiger partial charge in [-0.3, -0.25) is 19.8 Å². The van der Waals surface area contributed by atoms with Gasteiger partial charge in [-0.15, -0.1) is 0 Å². The number of nitrogens with zero attached hydrogens (tertiary/aromatic N) is 2. The highest BCUT2D eigenvalue weighted by Crippen LogP contribution is 2.33. The molecule has 27 heavy (non-hydrogen) atoms. The zero-order valence-corrected chi connectivity index (χ0v) is 14.5. The topological polar surface area (TPSA) is 92.6 Å². The highest BCUT2D eigenvalue weighted by Gasteiger charge is 2.50. The molecule has 3 amide bonds. The third-order valence-electron chi connectivity index (χ3n) is 4.68. The summed E-state index contributed by atoms with van der Waals surface area (Å²) in [7, 11) is 0. The van der Waals surface area contributed by atoms with Gasteiger partial charge in [0.05, 0.1) is 11.5 Å². The van der Waals surface area contributed by atoms with Gasteiger partial charge in [-0.2, -0.15) is 0 Å². The third kappa shape index (κ3) is 3.01. The van der Waals surface area contributed by atoms with E-state index in [1.165, 1.54) is 26.0 Å². The van der Waals surface area contributed by atoms with Crippen LogP contribution in [0.4, 0.5) is 19.3 Å². The van der Waals surface area contributed by atoms with Crippen molar-refractivity contribution in [2.75, 3.05) is 0 Å². The lowest BCUT2D eigenvalue weighted by atomic mass is 9.91. The van der Waals surface area contributed by atoms with Gasteiger partial charge >= 0.3 is 6.03 Å². The first kappa shape index (κ1) is 18.4. The maximum atomic E-state index is 14.2. The molecular weight excluding hydrogens is 360 g/mol. The molecule has 9 heteroatoms. The molecule has 0 radical (unpaired) electrons. The number of benzene rings is 2. The van der Waals surface area contributed by atoms with Crippen molar-refractivity contribution in [3.05, 3.63) is 74.8 Å². The number of carbonyl (C=O) groups excluding carboxylic acids is 2. The van der Waals surface area contributed by atoms with E-state index in [0.717, 1.165) is 23.1 Å². The average Bonchev–Trinajstić information content (AvgIpc) is 2.82. The van der Waals surface area contributed by atoms with E-state index in [-0.39, 0.29) is 17.8 Å². The van der Waals surface area contributed by atoms with Crippen molar-refractivity contribution >= 4 is 17.6 Å². The monoisotopic (exact) mass is 375 g/mol. The van der Waals surface area contributed by atoms with E-state index in [1.807, 2.05) is 0 Å². The van der Waals surface area contributed by atoms with Crippen molar-refractivity contribution in [1.29, 1.82) is 0 Å². The van der Waals surface area contributed by atoms with Crippen LogP contribution in [0, 0.1) is 28.7 Å². The van der Waals surface area contributed by atoms with E-state index in [4.69, 9.17) is 0 Å². The number of carbonyl (C=O) groups is 2. The molecule has 1 aliphatic rings. The van der Waals surface area contributed by atoms with Crippen LogP contribution in [0.1, 0.15) is 23.6 Å². The second-order valence-electron chi connectivity index (χ2n) is 6.39. The van der Waals surface area contributed by atoms with Gasteiger partial charge in [-0.1, -0.05) is 12.1 Å². The average molecular weight is 375 g/mol. The molecule has 1 saturated heterocycles. The summed E-state index contributed by atoms with van der Waals surface area (Å²) in [5.41, 5.74) is -1.50. The number of rotatable bonds is 4. The summed E-state index contributed by atoms with van der Waals surface area (Å²) in [6.07, 6.45) is 0. The lowest BCUT2D eigenvalue weighted by molar-refractivity contribution is -0.385. The van der Waals surface area contributed by atoms with Gasteiger partial charge in [0.15, 0.2) is 0 Å². The molecule has 0 bridgehead atoms. The van der Waals surface area contributed by atoms with Crippen LogP contribution in [0.25, 0.3) is 0 Å². The summed E-state index contributed by atoms with van der Waals surface area (Å²) in [5.74, 6) is -2.36. The molecule has 2 aromatic rings. The van der Waals surface area contributed by atoms with Gasteiger partial charge in [0, 0.05) is 17.2 Å². The van der Waals surface area contributed by atoms with Crippen LogP contribution >= 0.6 is 0 Å². The molecule has 1 fully saturated rings. The van der Waals surface area contributed by atoms with Crippen molar-refractivity contribution in [2.24, 2.45) is 0 Å². The minimum Gasteiger partial charge on any atom is -0.319 e. The van der Waals surface area contributed by atoms with E-state index >= 15 is 0 Å². The molecule has 3 rings (SSSR count). The minimum absolute atomic E-state index is 0.140. The molecule has 2 aromatic carbocycles. The highest BCUT2D eigenvalue weighted by molar-refractivity contribution is 6.07. The molecule has 1 N–H and O–H groups in total. The third-order valence-corrected chi connectivity index (χ3v) is 4.68. The maximum Gasteiger partial charge on any atom is 0.325 e. The number of hydrogen-bond donors (Lipinski definition) is 1. The van der Waals surface area contributed by atoms with Crippen LogP contribution in [0.3, 0.4) is 0 Å². The fourth-order valence-corrected chi connectivity index (χ4v) is 3.11. The number of urea groups is 1. The van der Waals surface area contributed by atoms with Crippen LogP contribution in [-0.2, 0) is 16.9 Å². The van der Waals surface area contributed by atoms with E-state index < -0.39 is 34.0 Å². The number of amides is 3. The van der Waals surface area contributed by atoms with Crippen LogP contribution in [0.15, 0.2) is 36.4 Å². The predicted octanol–water partition coefficient (Wildman–Crippen LogP) is 3.15. The smallest absolute Gasteiger partial charge is 0.319 e. The summed E-state index contributed by atoms with van der Waals surface area (Å²) in [6.45, 7) is 2.56. The van der Waals surface area contributed by atoms with E-state index in [1.54, 1.807) is 6.07 Å². The lowest BCUT2D eigenvalue weighted by Gasteiger charge is -2.23. The molecule has 0 aromatic heterocycles. The van der Waals surface area contributed by atoms with Crippen molar-refractivity contribution in [2.45, 2.75) is 25.9 Å². The Morgan fingerprint density at radius 1 is 1.22 bits per heavy atom. The SMILES string of the molecule is Cc1c(CN2C(=O)NC(C)(c3cc(F)ccc3F)C2=O)cccc1[N+](=O)[O-]. The Bertz CT molecular complexity index is 979. The predicted molar refractivity (Wildman–Crippen MR) is 90.6 cm³/mol. The molecule has 1 atom stereocenters. The lowest BCUT2D eigenvalue weighted by Crippen LogP contribution is -2.41. The second-order valence-corrected chi connectivity index (χ2v) is 6.39. The summed E-state index contributed by atoms with van der Waals surface area (Å²) in [6, 6.07) is 6.17. The highest BCUT2D eigenvalue weighted by atomic mass is 19.1. The van der Waals surface area contributed by atoms with Crippen molar-refractivity contribution in [3.8, 4) is 0 Å². The largest absolute Gasteiger partial charge is 0.325 e. The number of nitro groups is 1. The van der Waals surface area contributed by atoms with Crippen molar-refractivity contribution < 1.29 is 23.3 Å². The molecule has 140 valence electrons. The van der Waals surface area contributed by atoms with Gasteiger partial charge in [0.2, 0.25) is 0 Å². The Balaban J connectivity index is 1.97. The van der Waals surface area contributed by atoms with Crippen LogP contribution < -0.4 is 5.32 Å². The van der Waals surface area contributed by atoms with Gasteiger partial charge in [0.1, 0.15) is 17.2 Å². The van der Waals surface area contributed by atoms with E-state index in [2.05, 4.69) is 5.32 Å². The number of imide groups is 1. The normalized spacial score (nSPS) is 19.3. The maximum absolute atomic E-state index is 14.2. The first-order valence-electron chi connectivity index (χ1n) is 7.97. The van der Waals surface area contributed by atoms with Crippen LogP contribution in [0.2, 0.25) is 0 Å². The van der Waals surface area contributed by atoms with Gasteiger partial charge in [-0.25, -0.2) is 13.6 Å². The molecule has 1 heterocycles. The molecule has 0 aliphatic carbocycles. The van der Waals surface area contributed by atoms with Gasteiger partial charge in [0.25, 0.3) is 11.6 Å². The van der Waals surface area contributed by atoms with E-state index in [0.29, 0.717) is 11.1 Å². The standard InChI is InChI=1S/C18H15F2N3O4/c1-10-11(4-3-5-15(10)23(26)27)9-22-16(24)18(2,21-17(22)25)13-8-12(19)6-7-14(13)20/h3-8H,9H2,1-2H3,(H,21,25). The fourth-order valence-electron chi connectivity index (χ4n) is 3.11. The first-order valence-corrected chi connectivity index (χ1v) is 7.97. The number of nitrogens with one attached hydrogen (secondary N) is 1. The summed E-state index contributed by atoms with van der Waals surface area (Å²) in [5, 5.41) is 13.5. The zero-order chi connectivity index (χ0) is 19.9. The number of halogens is 2. The van der Waals surface area contributed by atoms with Crippen LogP contribution in [0.5, 0.6) is 0 Å². The zero-order valence-electron chi connectivity index (χ0n) is 14.5. The Morgan fingerprint density at radius 2 is 1.93 bits per heavy atom. The first-order chi connectivity index (χ1) is 12.6. The van der Waals surface area contributed by atoms with Gasteiger partial charge in [-0.05, 0) is 37.6 Å². The number of nitro benzene ring substituents is 1. The summed E-state index contributed by atoms with van der Waals surface area (Å²) in [4.78, 5) is 36.5. The summed E-state index contributed by atoms with van der Waals surface area (Å²) < 4.78 is 27.7. The molecule has 1 unspecified atom stereocenters. The second kappa shape index (κ2) is 6.42. The Hall–Kier alpha value is -3.36. The molecule has 7 nitrogen and oxygen atoms in total. The molecular formula is C18H15F2N3O4. The molecule has 0 saturated carbocycles. The molecule has 1 aliphatic heterocycles. The Labute approximate surface area is 152 Å². The number of hydrogen-bond acceptors (Lipinski definition) is 4. The fraction of sp³-hybridized carbons (Fsp3) is 0.222. The van der Waals surface area contributed by atoms with E-state index in [9.17, 15) is 28.5 Å². The quantitative estimate of drug-likeness (QED) is 0.505. The minimum atomic E-state index is -1.78. The van der Waals surface area contributed by atoms with Crippen molar-refractivity contribution in [3.63, 3.8) is 0 Å². The Morgan fingerprint density at radius 3 is 2.59 bits per heavy atom. The summed E-state index contributed by atoms with van der Waals surface area (Å²) >= 11 is 0. The van der Waals surface area contributed by atoms with Crippen LogP contribution in [-0.4, -0.2) is 21.8 Å².